The van der Waals surface area contributed by atoms with Gasteiger partial charge in [-0.15, -0.1) is 0 Å². The molecule has 0 saturated heterocycles. The standard InChI is InChI=1S/C36H44N2O2/c39-33(35-17-27-11-28(18-35)13-29(12-27)19-35)23-37-7-3-25(4-8-37)1-2-26-5-9-38(10-6-26)24-34(40)36-20-30-14-31(21-36)16-32(15-30)22-36/h1-10,27-32H,11-24H2/q+2/b2-1+. The van der Waals surface area contributed by atoms with Crippen LogP contribution in [0.1, 0.15) is 88.2 Å². The Balaban J connectivity index is 0.874. The van der Waals surface area contributed by atoms with Crippen molar-refractivity contribution in [2.45, 2.75) is 90.1 Å². The molecular formula is C36H44N2O2+2. The Labute approximate surface area is 238 Å². The van der Waals surface area contributed by atoms with E-state index in [1.807, 2.05) is 0 Å². The lowest BCUT2D eigenvalue weighted by Crippen LogP contribution is -2.53. The summed E-state index contributed by atoms with van der Waals surface area (Å²) in [5.74, 6) is 5.79. The summed E-state index contributed by atoms with van der Waals surface area (Å²) in [6.07, 6.45) is 27.6. The van der Waals surface area contributed by atoms with Crippen LogP contribution in [-0.4, -0.2) is 11.6 Å². The normalized spacial score (nSPS) is 38.8. The van der Waals surface area contributed by atoms with Crippen LogP contribution in [0, 0.1) is 46.3 Å². The van der Waals surface area contributed by atoms with Gasteiger partial charge in [0.25, 0.3) is 0 Å². The summed E-state index contributed by atoms with van der Waals surface area (Å²) >= 11 is 0. The van der Waals surface area contributed by atoms with Crippen molar-refractivity contribution in [1.82, 2.24) is 0 Å². The Morgan fingerprint density at radius 1 is 0.550 bits per heavy atom. The first-order chi connectivity index (χ1) is 19.4. The van der Waals surface area contributed by atoms with Gasteiger partial charge in [-0.2, -0.15) is 9.13 Å². The van der Waals surface area contributed by atoms with E-state index in [9.17, 15) is 9.59 Å². The molecule has 40 heavy (non-hydrogen) atoms. The summed E-state index contributed by atoms with van der Waals surface area (Å²) < 4.78 is 4.15. The molecule has 208 valence electrons. The molecule has 8 saturated carbocycles. The maximum Gasteiger partial charge on any atom is 0.207 e. The summed E-state index contributed by atoms with van der Waals surface area (Å²) in [5, 5.41) is 0. The number of Topliss-reactive ketones (excluding diaryl/α,β-unsaturated/α-hetero) is 2. The van der Waals surface area contributed by atoms with Crippen molar-refractivity contribution in [3.05, 3.63) is 60.2 Å². The van der Waals surface area contributed by atoms with E-state index >= 15 is 0 Å². The number of carbonyl (C=O) groups excluding carboxylic acids is 2. The Morgan fingerprint density at radius 3 is 1.10 bits per heavy atom. The maximum atomic E-state index is 13.5. The van der Waals surface area contributed by atoms with E-state index in [4.69, 9.17) is 0 Å². The highest BCUT2D eigenvalue weighted by atomic mass is 16.1. The summed E-state index contributed by atoms with van der Waals surface area (Å²) in [6.45, 7) is 1.02. The molecule has 2 aromatic rings. The van der Waals surface area contributed by atoms with Gasteiger partial charge in [0.2, 0.25) is 24.7 Å². The van der Waals surface area contributed by atoms with Crippen LogP contribution in [0.5, 0.6) is 0 Å². The summed E-state index contributed by atoms with van der Waals surface area (Å²) in [7, 11) is 0. The van der Waals surface area contributed by atoms with Gasteiger partial charge in [0.1, 0.15) is 0 Å². The molecule has 10 rings (SSSR count). The van der Waals surface area contributed by atoms with Crippen LogP contribution in [0.15, 0.2) is 49.1 Å². The van der Waals surface area contributed by atoms with E-state index in [0.717, 1.165) is 85.2 Å². The third-order valence-electron chi connectivity index (χ3n) is 12.2. The van der Waals surface area contributed by atoms with Crippen LogP contribution in [0.3, 0.4) is 0 Å². The van der Waals surface area contributed by atoms with Crippen molar-refractivity contribution in [3.63, 3.8) is 0 Å². The minimum Gasteiger partial charge on any atom is -0.292 e. The lowest BCUT2D eigenvalue weighted by Gasteiger charge is -2.55. The van der Waals surface area contributed by atoms with Crippen molar-refractivity contribution in [2.75, 3.05) is 0 Å². The third-order valence-corrected chi connectivity index (χ3v) is 12.2. The fraction of sp³-hybridized carbons (Fsp3) is 0.611. The zero-order valence-corrected chi connectivity index (χ0v) is 23.8. The molecule has 0 radical (unpaired) electrons. The number of hydrogen-bond acceptors (Lipinski definition) is 2. The summed E-state index contributed by atoms with van der Waals surface area (Å²) in [6, 6.07) is 8.43. The van der Waals surface area contributed by atoms with Gasteiger partial charge in [-0.25, -0.2) is 0 Å². The molecule has 0 atom stereocenters. The van der Waals surface area contributed by atoms with Gasteiger partial charge in [0, 0.05) is 35.1 Å². The van der Waals surface area contributed by atoms with Gasteiger partial charge in [-0.1, -0.05) is 12.2 Å². The van der Waals surface area contributed by atoms with Crippen LogP contribution < -0.4 is 9.13 Å². The molecule has 8 aliphatic carbocycles. The fourth-order valence-electron chi connectivity index (χ4n) is 11.1. The summed E-state index contributed by atoms with van der Waals surface area (Å²) in [5.41, 5.74) is 2.22. The number of hydrogen-bond donors (Lipinski definition) is 0. The van der Waals surface area contributed by atoms with Crippen LogP contribution >= 0.6 is 0 Å². The molecule has 0 unspecified atom stereocenters. The van der Waals surface area contributed by atoms with Crippen LogP contribution in [0.25, 0.3) is 12.2 Å². The number of ketones is 2. The van der Waals surface area contributed by atoms with E-state index < -0.39 is 0 Å². The highest BCUT2D eigenvalue weighted by Gasteiger charge is 2.56. The topological polar surface area (TPSA) is 41.9 Å². The number of rotatable bonds is 8. The van der Waals surface area contributed by atoms with Gasteiger partial charge < -0.3 is 0 Å². The molecule has 0 N–H and O–H groups in total. The summed E-state index contributed by atoms with van der Waals surface area (Å²) in [4.78, 5) is 26.9. The number of nitrogens with zero attached hydrogens (tertiary/aromatic N) is 2. The van der Waals surface area contributed by atoms with Crippen LogP contribution in [0.2, 0.25) is 0 Å². The van der Waals surface area contributed by atoms with Gasteiger partial charge in [-0.05, 0) is 124 Å². The van der Waals surface area contributed by atoms with E-state index in [0.29, 0.717) is 24.7 Å². The number of aromatic nitrogens is 2. The quantitative estimate of drug-likeness (QED) is 0.388. The predicted octanol–water partition coefficient (Wildman–Crippen LogP) is 6.00. The lowest BCUT2D eigenvalue weighted by atomic mass is 9.48. The van der Waals surface area contributed by atoms with Crippen LogP contribution in [-0.2, 0) is 22.7 Å². The van der Waals surface area contributed by atoms with Crippen molar-refractivity contribution in [1.29, 1.82) is 0 Å². The minimum absolute atomic E-state index is 0.0235. The molecule has 0 amide bonds. The molecule has 2 heterocycles. The van der Waals surface area contributed by atoms with E-state index in [-0.39, 0.29) is 10.8 Å². The van der Waals surface area contributed by atoms with Gasteiger partial charge in [-0.3, -0.25) is 9.59 Å². The molecule has 8 fully saturated rings. The Hall–Kier alpha value is -2.62. The number of carbonyl (C=O) groups is 2. The second kappa shape index (κ2) is 9.46. The molecule has 8 bridgehead atoms. The molecule has 0 aliphatic heterocycles. The Kier molecular flexibility index (Phi) is 5.94. The van der Waals surface area contributed by atoms with Gasteiger partial charge >= 0.3 is 0 Å². The van der Waals surface area contributed by atoms with E-state index in [1.54, 1.807) is 0 Å². The average Bonchev–Trinajstić information content (AvgIpc) is 2.92. The molecule has 2 aromatic heterocycles. The molecular weight excluding hydrogens is 492 g/mol. The highest BCUT2D eigenvalue weighted by Crippen LogP contribution is 2.61. The number of pyridine rings is 2. The van der Waals surface area contributed by atoms with Crippen molar-refractivity contribution in [2.24, 2.45) is 46.3 Å². The zero-order valence-electron chi connectivity index (χ0n) is 23.8. The van der Waals surface area contributed by atoms with Gasteiger partial charge in [0.05, 0.1) is 0 Å². The van der Waals surface area contributed by atoms with Crippen molar-refractivity contribution >= 4 is 23.7 Å². The smallest absolute Gasteiger partial charge is 0.207 e. The SMILES string of the molecule is O=C(C[n+]1ccc(/C=C/c2cc[n+](CC(=O)C34CC5CC(CC(C5)C3)C4)cc2)cc1)C12CC3CC(CC(C3)C1)C2. The minimum atomic E-state index is -0.0235. The van der Waals surface area contributed by atoms with Crippen LogP contribution in [0.4, 0.5) is 0 Å². The zero-order chi connectivity index (χ0) is 26.9. The van der Waals surface area contributed by atoms with Gasteiger partial charge in [0.15, 0.2) is 24.8 Å². The fourth-order valence-corrected chi connectivity index (χ4v) is 11.1. The lowest BCUT2D eigenvalue weighted by molar-refractivity contribution is -0.685. The van der Waals surface area contributed by atoms with Crippen molar-refractivity contribution in [3.8, 4) is 0 Å². The van der Waals surface area contributed by atoms with E-state index in [2.05, 4.69) is 70.3 Å². The monoisotopic (exact) mass is 536 g/mol. The van der Waals surface area contributed by atoms with Crippen molar-refractivity contribution < 1.29 is 18.7 Å². The highest BCUT2D eigenvalue weighted by molar-refractivity contribution is 5.84. The average molecular weight is 537 g/mol. The second-order valence-corrected chi connectivity index (χ2v) is 15.2. The largest absolute Gasteiger partial charge is 0.292 e. The Bertz CT molecular complexity index is 1160. The molecule has 8 aliphatic rings. The predicted molar refractivity (Wildman–Crippen MR) is 153 cm³/mol. The van der Waals surface area contributed by atoms with E-state index in [1.165, 1.54) is 38.5 Å². The molecule has 0 aromatic carbocycles. The third kappa shape index (κ3) is 4.50. The first-order valence-corrected chi connectivity index (χ1v) is 16.1. The first-order valence-electron chi connectivity index (χ1n) is 16.1. The Morgan fingerprint density at radius 2 is 0.825 bits per heavy atom. The first kappa shape index (κ1) is 25.1. The second-order valence-electron chi connectivity index (χ2n) is 15.2. The molecule has 0 spiro atoms. The molecule has 4 heteroatoms. The maximum absolute atomic E-state index is 13.5. The molecule has 4 nitrogen and oxygen atoms in total.